The average Bonchev–Trinajstić information content (AvgIpc) is 3.54. The third-order valence-corrected chi connectivity index (χ3v) is 6.75. The van der Waals surface area contributed by atoms with Crippen molar-refractivity contribution in [2.45, 2.75) is 45.4 Å². The lowest BCUT2D eigenvalue weighted by molar-refractivity contribution is -0.137. The normalized spacial score (nSPS) is 16.0. The van der Waals surface area contributed by atoms with Crippen molar-refractivity contribution in [2.75, 3.05) is 19.0 Å². The summed E-state index contributed by atoms with van der Waals surface area (Å²) in [4.78, 5) is 36.6. The van der Waals surface area contributed by atoms with Crippen molar-refractivity contribution in [2.24, 2.45) is 0 Å². The van der Waals surface area contributed by atoms with Crippen LogP contribution in [0.4, 0.5) is 5.82 Å². The second kappa shape index (κ2) is 10.6. The first-order valence-electron chi connectivity index (χ1n) is 12.6. The number of carbonyl (C=O) groups excluding carboxylic acids is 2. The number of amides is 2. The number of hydrogen-bond donors (Lipinski definition) is 2. The van der Waals surface area contributed by atoms with E-state index in [0.717, 1.165) is 34.1 Å². The van der Waals surface area contributed by atoms with Gasteiger partial charge in [0.15, 0.2) is 0 Å². The van der Waals surface area contributed by atoms with E-state index in [1.54, 1.807) is 41.9 Å². The van der Waals surface area contributed by atoms with Crippen molar-refractivity contribution in [1.29, 1.82) is 0 Å². The average molecular weight is 515 g/mol. The highest BCUT2D eigenvalue weighted by atomic mass is 16.5. The minimum atomic E-state index is -0.828. The van der Waals surface area contributed by atoms with Crippen LogP contribution in [0, 0.1) is 6.92 Å². The molecule has 0 bridgehead atoms. The summed E-state index contributed by atoms with van der Waals surface area (Å²) in [6.07, 6.45) is 2.22. The highest BCUT2D eigenvalue weighted by Gasteiger charge is 2.34. The fourth-order valence-corrected chi connectivity index (χ4v) is 4.86. The quantitative estimate of drug-likeness (QED) is 0.387. The second-order valence-electron chi connectivity index (χ2n) is 9.44. The van der Waals surface area contributed by atoms with Crippen molar-refractivity contribution in [3.63, 3.8) is 0 Å². The molecule has 4 heterocycles. The van der Waals surface area contributed by atoms with Gasteiger partial charge >= 0.3 is 0 Å². The molecule has 0 spiro atoms. The first kappa shape index (κ1) is 25.3. The van der Waals surface area contributed by atoms with Crippen LogP contribution in [0.2, 0.25) is 0 Å². The molecule has 196 valence electrons. The largest absolute Gasteiger partial charge is 0.481 e. The molecule has 38 heavy (non-hydrogen) atoms. The monoisotopic (exact) mass is 514 g/mol. The van der Waals surface area contributed by atoms with E-state index in [1.807, 2.05) is 43.3 Å². The molecule has 0 radical (unpaired) electrons. The number of nitrogens with zero attached hydrogens (tertiary/aromatic N) is 5. The Morgan fingerprint density at radius 3 is 2.71 bits per heavy atom. The van der Waals surface area contributed by atoms with Gasteiger partial charge in [0.05, 0.1) is 24.4 Å². The Morgan fingerprint density at radius 1 is 1.18 bits per heavy atom. The molecule has 10 heteroatoms. The van der Waals surface area contributed by atoms with Crippen molar-refractivity contribution < 1.29 is 19.4 Å². The molecule has 0 saturated carbocycles. The molecule has 2 N–H and O–H groups in total. The number of aliphatic hydroxyl groups excluding tert-OH is 1. The number of ether oxygens (including phenoxy) is 1. The lowest BCUT2D eigenvalue weighted by atomic mass is 10.0. The number of pyridine rings is 2. The molecule has 3 aromatic heterocycles. The standard InChI is InChI=1S/C28H30N6O4/c1-17-6-4-8-24(30-17)31-28(37)23-7-5-13-33(23)26(36)16-34-22-11-9-19(14-21(22)27(32-34)18(2)35)20-10-12-25(38-3)29-15-20/h4,6,8-12,14-15,18,23,35H,5,7,13,16H2,1-3H3,(H,30,31,37)/t18?,23-/m0/s1. The number of nitrogens with one attached hydrogen (secondary N) is 1. The minimum Gasteiger partial charge on any atom is -0.481 e. The first-order chi connectivity index (χ1) is 18.3. The second-order valence-corrected chi connectivity index (χ2v) is 9.44. The molecule has 1 saturated heterocycles. The molecule has 5 rings (SSSR count). The number of fused-ring (bicyclic) bond motifs is 1. The fourth-order valence-electron chi connectivity index (χ4n) is 4.86. The van der Waals surface area contributed by atoms with Crippen LogP contribution in [0.1, 0.15) is 37.3 Å². The van der Waals surface area contributed by atoms with Crippen LogP contribution in [0.5, 0.6) is 5.88 Å². The number of likely N-dealkylation sites (tertiary alicyclic amines) is 1. The van der Waals surface area contributed by atoms with Gasteiger partial charge in [0, 0.05) is 35.5 Å². The Morgan fingerprint density at radius 2 is 2.00 bits per heavy atom. The van der Waals surface area contributed by atoms with E-state index in [2.05, 4.69) is 20.4 Å². The minimum absolute atomic E-state index is 0.0425. The lowest BCUT2D eigenvalue weighted by Gasteiger charge is -2.24. The summed E-state index contributed by atoms with van der Waals surface area (Å²) >= 11 is 0. The Bertz CT molecular complexity index is 1480. The zero-order valence-electron chi connectivity index (χ0n) is 21.6. The van der Waals surface area contributed by atoms with Crippen molar-refractivity contribution >= 4 is 28.5 Å². The van der Waals surface area contributed by atoms with Gasteiger partial charge in [0.25, 0.3) is 0 Å². The number of anilines is 1. The number of aliphatic hydroxyl groups is 1. The maximum absolute atomic E-state index is 13.4. The molecular formula is C28H30N6O4. The lowest BCUT2D eigenvalue weighted by Crippen LogP contribution is -2.44. The maximum Gasteiger partial charge on any atom is 0.248 e. The number of aromatic nitrogens is 4. The van der Waals surface area contributed by atoms with Gasteiger partial charge in [-0.05, 0) is 62.6 Å². The maximum atomic E-state index is 13.4. The van der Waals surface area contributed by atoms with Crippen LogP contribution in [-0.2, 0) is 16.1 Å². The molecule has 10 nitrogen and oxygen atoms in total. The molecule has 0 aliphatic carbocycles. The van der Waals surface area contributed by atoms with Crippen LogP contribution in [0.3, 0.4) is 0 Å². The molecular weight excluding hydrogens is 484 g/mol. The molecule has 1 aliphatic rings. The summed E-state index contributed by atoms with van der Waals surface area (Å²) in [5.41, 5.74) is 3.80. The Hall–Kier alpha value is -4.31. The number of benzene rings is 1. The van der Waals surface area contributed by atoms with E-state index < -0.39 is 12.1 Å². The van der Waals surface area contributed by atoms with Crippen LogP contribution < -0.4 is 10.1 Å². The molecule has 1 aliphatic heterocycles. The van der Waals surface area contributed by atoms with E-state index >= 15 is 0 Å². The number of methoxy groups -OCH3 is 1. The number of hydrogen-bond acceptors (Lipinski definition) is 7. The summed E-state index contributed by atoms with van der Waals surface area (Å²) < 4.78 is 6.75. The molecule has 1 aromatic carbocycles. The third kappa shape index (κ3) is 5.08. The smallest absolute Gasteiger partial charge is 0.248 e. The summed E-state index contributed by atoms with van der Waals surface area (Å²) in [6.45, 7) is 3.96. The van der Waals surface area contributed by atoms with Gasteiger partial charge < -0.3 is 20.1 Å². The molecule has 4 aromatic rings. The van der Waals surface area contributed by atoms with Crippen LogP contribution >= 0.6 is 0 Å². The van der Waals surface area contributed by atoms with Gasteiger partial charge in [-0.1, -0.05) is 12.1 Å². The summed E-state index contributed by atoms with van der Waals surface area (Å²) in [6, 6.07) is 14.3. The Balaban J connectivity index is 1.38. The van der Waals surface area contributed by atoms with Gasteiger partial charge in [-0.15, -0.1) is 0 Å². The van der Waals surface area contributed by atoms with Gasteiger partial charge in [0.2, 0.25) is 17.7 Å². The number of aryl methyl sites for hydroxylation is 1. The SMILES string of the molecule is COc1ccc(-c2ccc3c(c2)c(C(C)O)nn3CC(=O)N2CCC[C@H]2C(=O)Nc2cccc(C)n2)cn1. The van der Waals surface area contributed by atoms with E-state index in [1.165, 1.54) is 0 Å². The zero-order chi connectivity index (χ0) is 26.8. The van der Waals surface area contributed by atoms with Gasteiger partial charge in [-0.25, -0.2) is 9.97 Å². The van der Waals surface area contributed by atoms with Crippen LogP contribution in [0.25, 0.3) is 22.0 Å². The van der Waals surface area contributed by atoms with E-state index in [9.17, 15) is 14.7 Å². The topological polar surface area (TPSA) is 122 Å². The molecule has 1 fully saturated rings. The van der Waals surface area contributed by atoms with Crippen molar-refractivity contribution in [3.05, 3.63) is 66.1 Å². The summed E-state index contributed by atoms with van der Waals surface area (Å²) in [5.74, 6) is 0.540. The number of carbonyl (C=O) groups is 2. The number of rotatable bonds is 7. The third-order valence-electron chi connectivity index (χ3n) is 6.75. The van der Waals surface area contributed by atoms with Crippen molar-refractivity contribution in [3.8, 4) is 17.0 Å². The fraction of sp³-hybridized carbons (Fsp3) is 0.321. The zero-order valence-corrected chi connectivity index (χ0v) is 21.6. The van der Waals surface area contributed by atoms with E-state index in [4.69, 9.17) is 4.74 Å². The van der Waals surface area contributed by atoms with Crippen molar-refractivity contribution in [1.82, 2.24) is 24.6 Å². The van der Waals surface area contributed by atoms with E-state index in [0.29, 0.717) is 30.4 Å². The predicted octanol–water partition coefficient (Wildman–Crippen LogP) is 3.49. The molecule has 2 atom stereocenters. The molecule has 2 amide bonds. The highest BCUT2D eigenvalue weighted by Crippen LogP contribution is 2.30. The van der Waals surface area contributed by atoms with Gasteiger partial charge in [0.1, 0.15) is 18.4 Å². The highest BCUT2D eigenvalue weighted by molar-refractivity contribution is 5.97. The summed E-state index contributed by atoms with van der Waals surface area (Å²) in [7, 11) is 1.57. The summed E-state index contributed by atoms with van der Waals surface area (Å²) in [5, 5.41) is 18.6. The Kier molecular flexibility index (Phi) is 7.06. The van der Waals surface area contributed by atoms with Gasteiger partial charge in [-0.2, -0.15) is 5.10 Å². The predicted molar refractivity (Wildman–Crippen MR) is 142 cm³/mol. The Labute approximate surface area is 220 Å². The van der Waals surface area contributed by atoms with Crippen LogP contribution in [0.15, 0.2) is 54.7 Å². The first-order valence-corrected chi connectivity index (χ1v) is 12.6. The molecule has 1 unspecified atom stereocenters. The van der Waals surface area contributed by atoms with Gasteiger partial charge in [-0.3, -0.25) is 14.3 Å². The van der Waals surface area contributed by atoms with E-state index in [-0.39, 0.29) is 18.4 Å². The van der Waals surface area contributed by atoms with Crippen LogP contribution in [-0.4, -0.2) is 61.3 Å².